The van der Waals surface area contributed by atoms with E-state index in [9.17, 15) is 4.79 Å². The van der Waals surface area contributed by atoms with E-state index in [0.717, 1.165) is 56.6 Å². The van der Waals surface area contributed by atoms with Crippen molar-refractivity contribution in [1.29, 1.82) is 0 Å². The van der Waals surface area contributed by atoms with E-state index in [1.807, 2.05) is 36.1 Å². The highest BCUT2D eigenvalue weighted by Gasteiger charge is 2.23. The summed E-state index contributed by atoms with van der Waals surface area (Å²) in [5.41, 5.74) is 3.07. The number of rotatable bonds is 3. The van der Waals surface area contributed by atoms with Gasteiger partial charge in [0.1, 0.15) is 0 Å². The number of amides is 2. The molecule has 0 aliphatic carbocycles. The highest BCUT2D eigenvalue weighted by molar-refractivity contribution is 5.89. The number of morpholine rings is 1. The fourth-order valence-corrected chi connectivity index (χ4v) is 3.47. The van der Waals surface area contributed by atoms with E-state index in [4.69, 9.17) is 4.74 Å². The van der Waals surface area contributed by atoms with Crippen LogP contribution in [0.4, 0.5) is 22.0 Å². The summed E-state index contributed by atoms with van der Waals surface area (Å²) in [5.74, 6) is 0.864. The smallest absolute Gasteiger partial charge is 0.321 e. The topological polar surface area (TPSA) is 73.8 Å². The molecule has 2 aromatic rings. The van der Waals surface area contributed by atoms with Gasteiger partial charge in [-0.2, -0.15) is 5.10 Å². The van der Waals surface area contributed by atoms with Crippen molar-refractivity contribution in [1.82, 2.24) is 15.1 Å². The van der Waals surface area contributed by atoms with Crippen LogP contribution in [0.2, 0.25) is 0 Å². The zero-order valence-corrected chi connectivity index (χ0v) is 16.2. The highest BCUT2D eigenvalue weighted by Crippen LogP contribution is 2.21. The van der Waals surface area contributed by atoms with E-state index in [1.165, 1.54) is 5.56 Å². The number of aryl methyl sites for hydroxylation is 1. The second-order valence-corrected chi connectivity index (χ2v) is 7.14. The molecule has 2 amide bonds. The Balaban J connectivity index is 1.33. The summed E-state index contributed by atoms with van der Waals surface area (Å²) in [4.78, 5) is 18.8. The molecule has 0 radical (unpaired) electrons. The lowest BCUT2D eigenvalue weighted by Crippen LogP contribution is -2.50. The van der Waals surface area contributed by atoms with Crippen LogP contribution in [0.1, 0.15) is 5.56 Å². The molecule has 2 aliphatic rings. The second-order valence-electron chi connectivity index (χ2n) is 7.14. The van der Waals surface area contributed by atoms with Crippen molar-refractivity contribution in [2.75, 3.05) is 67.6 Å². The molecule has 8 nitrogen and oxygen atoms in total. The molecule has 0 spiro atoms. The lowest BCUT2D eigenvalue weighted by molar-refractivity contribution is 0.122. The van der Waals surface area contributed by atoms with E-state index in [-0.39, 0.29) is 6.03 Å². The molecular weight excluding hydrogens is 356 g/mol. The average Bonchev–Trinajstić information content (AvgIpc) is 2.76. The van der Waals surface area contributed by atoms with Crippen LogP contribution < -0.4 is 15.1 Å². The summed E-state index contributed by atoms with van der Waals surface area (Å²) >= 11 is 0. The Hall–Kier alpha value is -2.87. The molecule has 0 bridgehead atoms. The van der Waals surface area contributed by atoms with Gasteiger partial charge in [-0.15, -0.1) is 5.10 Å². The fourth-order valence-electron chi connectivity index (χ4n) is 3.47. The number of ether oxygens (including phenoxy) is 1. The molecule has 0 saturated carbocycles. The minimum absolute atomic E-state index is 0.0587. The third-order valence-corrected chi connectivity index (χ3v) is 5.20. The number of aromatic nitrogens is 2. The van der Waals surface area contributed by atoms with Gasteiger partial charge in [-0.1, -0.05) is 17.7 Å². The van der Waals surface area contributed by atoms with E-state index >= 15 is 0 Å². The Kier molecular flexibility index (Phi) is 5.57. The molecule has 1 aromatic heterocycles. The number of anilines is 3. The van der Waals surface area contributed by atoms with Gasteiger partial charge in [0.25, 0.3) is 0 Å². The molecule has 0 atom stereocenters. The van der Waals surface area contributed by atoms with Crippen LogP contribution in [0.3, 0.4) is 0 Å². The summed E-state index contributed by atoms with van der Waals surface area (Å²) in [6.07, 6.45) is 1.81. The Bertz CT molecular complexity index is 799. The van der Waals surface area contributed by atoms with Crippen LogP contribution in [-0.2, 0) is 4.74 Å². The number of nitrogens with one attached hydrogen (secondary N) is 1. The minimum Gasteiger partial charge on any atom is -0.378 e. The van der Waals surface area contributed by atoms with Crippen molar-refractivity contribution >= 4 is 23.2 Å². The molecule has 2 saturated heterocycles. The Labute approximate surface area is 165 Å². The number of benzene rings is 1. The molecule has 2 fully saturated rings. The van der Waals surface area contributed by atoms with Gasteiger partial charge < -0.3 is 24.8 Å². The predicted octanol–water partition coefficient (Wildman–Crippen LogP) is 1.98. The number of nitrogens with zero attached hydrogens (tertiary/aromatic N) is 5. The molecule has 3 heterocycles. The van der Waals surface area contributed by atoms with Crippen LogP contribution >= 0.6 is 0 Å². The maximum Gasteiger partial charge on any atom is 0.321 e. The summed E-state index contributed by atoms with van der Waals surface area (Å²) in [6, 6.07) is 9.87. The average molecular weight is 382 g/mol. The van der Waals surface area contributed by atoms with Gasteiger partial charge in [0.05, 0.1) is 25.1 Å². The lowest BCUT2D eigenvalue weighted by Gasteiger charge is -2.35. The van der Waals surface area contributed by atoms with Gasteiger partial charge in [0.15, 0.2) is 5.82 Å². The van der Waals surface area contributed by atoms with Crippen molar-refractivity contribution in [3.8, 4) is 0 Å². The van der Waals surface area contributed by atoms with E-state index in [0.29, 0.717) is 13.1 Å². The Morgan fingerprint density at radius 2 is 1.71 bits per heavy atom. The van der Waals surface area contributed by atoms with Crippen LogP contribution in [-0.4, -0.2) is 73.6 Å². The van der Waals surface area contributed by atoms with Crippen molar-refractivity contribution in [3.63, 3.8) is 0 Å². The monoisotopic (exact) mass is 382 g/mol. The number of piperazine rings is 1. The molecule has 1 N–H and O–H groups in total. The van der Waals surface area contributed by atoms with Crippen LogP contribution in [0.5, 0.6) is 0 Å². The maximum atomic E-state index is 12.5. The van der Waals surface area contributed by atoms with E-state index < -0.39 is 0 Å². The number of carbonyl (C=O) groups is 1. The molecule has 148 valence electrons. The third kappa shape index (κ3) is 4.33. The van der Waals surface area contributed by atoms with E-state index in [1.54, 1.807) is 6.20 Å². The van der Waals surface area contributed by atoms with Crippen molar-refractivity contribution in [2.45, 2.75) is 6.92 Å². The first-order valence-corrected chi connectivity index (χ1v) is 9.72. The minimum atomic E-state index is -0.0587. The molecule has 28 heavy (non-hydrogen) atoms. The lowest BCUT2D eigenvalue weighted by atomic mass is 10.2. The molecule has 2 aliphatic heterocycles. The first kappa shape index (κ1) is 18.5. The molecule has 1 aromatic carbocycles. The van der Waals surface area contributed by atoms with Crippen LogP contribution in [0, 0.1) is 6.92 Å². The SMILES string of the molecule is Cc1ccc(NC(=O)N2CCN(c3cc(N4CCOCC4)cnn3)CC2)cc1. The number of urea groups is 1. The van der Waals surface area contributed by atoms with Gasteiger partial charge in [0.2, 0.25) is 0 Å². The summed E-state index contributed by atoms with van der Waals surface area (Å²) in [7, 11) is 0. The summed E-state index contributed by atoms with van der Waals surface area (Å²) < 4.78 is 5.42. The van der Waals surface area contributed by atoms with Gasteiger partial charge in [-0.3, -0.25) is 0 Å². The van der Waals surface area contributed by atoms with Crippen molar-refractivity contribution in [3.05, 3.63) is 42.1 Å². The summed E-state index contributed by atoms with van der Waals surface area (Å²) in [6.45, 7) is 8.05. The summed E-state index contributed by atoms with van der Waals surface area (Å²) in [5, 5.41) is 11.5. The molecule has 4 rings (SSSR count). The standard InChI is InChI=1S/C20H26N6O2/c1-16-2-4-17(5-3-16)22-20(27)26-8-6-25(7-9-26)19-14-18(15-21-23-19)24-10-12-28-13-11-24/h2-5,14-15H,6-13H2,1H3,(H,22,27). The largest absolute Gasteiger partial charge is 0.378 e. The molecular formula is C20H26N6O2. The van der Waals surface area contributed by atoms with Crippen LogP contribution in [0.15, 0.2) is 36.5 Å². The third-order valence-electron chi connectivity index (χ3n) is 5.20. The van der Waals surface area contributed by atoms with Crippen molar-refractivity contribution in [2.24, 2.45) is 0 Å². The van der Waals surface area contributed by atoms with Gasteiger partial charge in [-0.05, 0) is 19.1 Å². The fraction of sp³-hybridized carbons (Fsp3) is 0.450. The highest BCUT2D eigenvalue weighted by atomic mass is 16.5. The quantitative estimate of drug-likeness (QED) is 0.875. The predicted molar refractivity (Wildman–Crippen MR) is 109 cm³/mol. The van der Waals surface area contributed by atoms with Gasteiger partial charge in [0, 0.05) is 51.0 Å². The van der Waals surface area contributed by atoms with E-state index in [2.05, 4.69) is 31.4 Å². The Morgan fingerprint density at radius 3 is 2.43 bits per heavy atom. The van der Waals surface area contributed by atoms with Gasteiger partial charge in [-0.25, -0.2) is 4.79 Å². The normalized spacial score (nSPS) is 17.5. The first-order chi connectivity index (χ1) is 13.7. The van der Waals surface area contributed by atoms with Gasteiger partial charge >= 0.3 is 6.03 Å². The number of carbonyl (C=O) groups excluding carboxylic acids is 1. The number of hydrogen-bond donors (Lipinski definition) is 1. The first-order valence-electron chi connectivity index (χ1n) is 9.72. The molecule has 8 heteroatoms. The maximum absolute atomic E-state index is 12.5. The second kappa shape index (κ2) is 8.43. The number of hydrogen-bond acceptors (Lipinski definition) is 6. The zero-order chi connectivity index (χ0) is 19.3. The molecule has 0 unspecified atom stereocenters. The van der Waals surface area contributed by atoms with Crippen LogP contribution in [0.25, 0.3) is 0 Å². The van der Waals surface area contributed by atoms with Crippen molar-refractivity contribution < 1.29 is 9.53 Å². The zero-order valence-electron chi connectivity index (χ0n) is 16.2. The Morgan fingerprint density at radius 1 is 1.00 bits per heavy atom.